The van der Waals surface area contributed by atoms with Gasteiger partial charge in [-0.15, -0.1) is 0 Å². The van der Waals surface area contributed by atoms with E-state index in [-0.39, 0.29) is 29.8 Å². The lowest BCUT2D eigenvalue weighted by Crippen LogP contribution is -2.51. The van der Waals surface area contributed by atoms with Crippen LogP contribution in [0.4, 0.5) is 9.59 Å². The highest BCUT2D eigenvalue weighted by Crippen LogP contribution is 2.35. The van der Waals surface area contributed by atoms with Gasteiger partial charge in [0.25, 0.3) is 0 Å². The van der Waals surface area contributed by atoms with Gasteiger partial charge in [-0.05, 0) is 55.7 Å². The third kappa shape index (κ3) is 8.61. The molecule has 0 spiro atoms. The number of nitrogens with zero attached hydrogens (tertiary/aromatic N) is 7. The van der Waals surface area contributed by atoms with Crippen LogP contribution >= 0.6 is 0 Å². The number of benzene rings is 2. The highest BCUT2D eigenvalue weighted by molar-refractivity contribution is 5.87. The van der Waals surface area contributed by atoms with Crippen molar-refractivity contribution >= 4 is 35.0 Å². The number of aromatic nitrogens is 6. The minimum atomic E-state index is -1.11. The summed E-state index contributed by atoms with van der Waals surface area (Å²) in [6, 6.07) is 11.9. The Kier molecular flexibility index (Phi) is 12.2. The van der Waals surface area contributed by atoms with Gasteiger partial charge in [0.05, 0.1) is 65.9 Å². The molecule has 0 aliphatic carbocycles. The van der Waals surface area contributed by atoms with Gasteiger partial charge in [-0.3, -0.25) is 19.5 Å². The summed E-state index contributed by atoms with van der Waals surface area (Å²) in [5.41, 5.74) is 6.51. The molecule has 0 saturated carbocycles. The van der Waals surface area contributed by atoms with E-state index in [0.29, 0.717) is 31.2 Å². The highest BCUT2D eigenvalue weighted by Gasteiger charge is 2.39. The minimum Gasteiger partial charge on any atom is -0.465 e. The Morgan fingerprint density at radius 1 is 0.847 bits per heavy atom. The molecule has 2 fully saturated rings. The van der Waals surface area contributed by atoms with Crippen LogP contribution in [-0.4, -0.2) is 113 Å². The molecule has 4 atom stereocenters. The van der Waals surface area contributed by atoms with Gasteiger partial charge in [-0.2, -0.15) is 0 Å². The predicted molar refractivity (Wildman–Crippen MR) is 221 cm³/mol. The van der Waals surface area contributed by atoms with Crippen molar-refractivity contribution in [2.24, 2.45) is 5.92 Å². The number of hydrogen-bond acceptors (Lipinski definition) is 9. The largest absolute Gasteiger partial charge is 0.465 e. The van der Waals surface area contributed by atoms with Crippen molar-refractivity contribution in [3.05, 3.63) is 72.7 Å². The van der Waals surface area contributed by atoms with Crippen molar-refractivity contribution in [3.63, 3.8) is 0 Å². The smallest absolute Gasteiger partial charge is 0.407 e. The summed E-state index contributed by atoms with van der Waals surface area (Å²) >= 11 is 0. The van der Waals surface area contributed by atoms with E-state index in [1.165, 1.54) is 14.2 Å². The zero-order chi connectivity index (χ0) is 41.8. The summed E-state index contributed by atoms with van der Waals surface area (Å²) in [7, 11) is 2.75. The maximum atomic E-state index is 13.7. The van der Waals surface area contributed by atoms with Crippen molar-refractivity contribution < 1.29 is 29.0 Å². The van der Waals surface area contributed by atoms with Crippen LogP contribution in [0.15, 0.2) is 61.1 Å². The fourth-order valence-electron chi connectivity index (χ4n) is 8.16. The SMILES string of the molecule is CCCC[C@H](C(=O)N1CCC[C@H]1c1ncc(-c2ccc3nc(-c4ccc(-c5cnc([C@@H]6CCCN6C(=O)[C@@H](NC(=O)OC)C(C)C)[nH]5)cc4)cnc3c2)[nH]1)N(C)C(=O)O. The van der Waals surface area contributed by atoms with Gasteiger partial charge in [-0.25, -0.2) is 24.5 Å². The van der Waals surface area contributed by atoms with E-state index in [1.807, 2.05) is 63.2 Å². The first-order valence-corrected chi connectivity index (χ1v) is 20.4. The first-order valence-electron chi connectivity index (χ1n) is 20.4. The molecule has 4 N–H and O–H groups in total. The average molecular weight is 805 g/mol. The molecular formula is C43H52N10O6. The zero-order valence-corrected chi connectivity index (χ0v) is 34.1. The predicted octanol–water partition coefficient (Wildman–Crippen LogP) is 6.95. The van der Waals surface area contributed by atoms with E-state index < -0.39 is 24.3 Å². The third-order valence-electron chi connectivity index (χ3n) is 11.5. The second-order valence-electron chi connectivity index (χ2n) is 15.7. The molecule has 2 saturated heterocycles. The number of hydrogen-bond donors (Lipinski definition) is 4. The maximum absolute atomic E-state index is 13.7. The molecule has 310 valence electrons. The van der Waals surface area contributed by atoms with Crippen LogP contribution in [0.3, 0.4) is 0 Å². The number of ether oxygens (including phenoxy) is 1. The molecular weight excluding hydrogens is 753 g/mol. The first kappa shape index (κ1) is 40.9. The molecule has 16 heteroatoms. The normalized spacial score (nSPS) is 17.7. The summed E-state index contributed by atoms with van der Waals surface area (Å²) in [5.74, 6) is 0.929. The van der Waals surface area contributed by atoms with Crippen molar-refractivity contribution in [1.29, 1.82) is 0 Å². The fraction of sp³-hybridized carbons (Fsp3) is 0.442. The molecule has 0 radical (unpaired) electrons. The van der Waals surface area contributed by atoms with Gasteiger partial charge in [0, 0.05) is 31.3 Å². The number of likely N-dealkylation sites (N-methyl/N-ethyl adjacent to an activating group) is 1. The number of amides is 4. The molecule has 4 amide bonds. The number of H-pyrrole nitrogens is 2. The first-order chi connectivity index (χ1) is 28.5. The standard InChI is InChI=1S/C43H52N10O6/c1-6-7-10-36(51(4)43(57)58)40(54)52-19-8-11-34(52)38-46-24-33(49-38)28-17-18-29-30(21-28)44-22-31(47-29)26-13-15-27(16-14-26)32-23-45-39(48-32)35-12-9-20-53(35)41(55)37(25(2)3)50-42(56)59-5/h13-18,21-25,34-37H,6-12,19-20H2,1-5H3,(H,45,48)(H,46,49)(H,50,56)(H,57,58)/t34-,35-,36+,37-/m0/s1. The van der Waals surface area contributed by atoms with E-state index in [4.69, 9.17) is 14.7 Å². The molecule has 3 aromatic heterocycles. The maximum Gasteiger partial charge on any atom is 0.407 e. The lowest BCUT2D eigenvalue weighted by Gasteiger charge is -2.31. The van der Waals surface area contributed by atoms with Crippen LogP contribution in [0.25, 0.3) is 44.8 Å². The van der Waals surface area contributed by atoms with Gasteiger partial charge in [-0.1, -0.05) is 63.9 Å². The zero-order valence-electron chi connectivity index (χ0n) is 34.1. The summed E-state index contributed by atoms with van der Waals surface area (Å²) in [6.07, 6.45) is 8.81. The van der Waals surface area contributed by atoms with E-state index in [2.05, 4.69) is 25.3 Å². The van der Waals surface area contributed by atoms with Gasteiger partial charge in [0.1, 0.15) is 23.7 Å². The molecule has 7 rings (SSSR count). The number of carbonyl (C=O) groups excluding carboxylic acids is 3. The molecule has 2 aliphatic rings. The Bertz CT molecular complexity index is 2310. The van der Waals surface area contributed by atoms with E-state index in [9.17, 15) is 24.3 Å². The quantitative estimate of drug-likeness (QED) is 0.0964. The number of likely N-dealkylation sites (tertiary alicyclic amines) is 2. The van der Waals surface area contributed by atoms with Crippen molar-refractivity contribution in [3.8, 4) is 33.8 Å². The minimum absolute atomic E-state index is 0.116. The Morgan fingerprint density at radius 3 is 2.03 bits per heavy atom. The van der Waals surface area contributed by atoms with Gasteiger partial charge in [0.15, 0.2) is 0 Å². The van der Waals surface area contributed by atoms with Crippen molar-refractivity contribution in [2.75, 3.05) is 27.2 Å². The Morgan fingerprint density at radius 2 is 1.44 bits per heavy atom. The Balaban J connectivity index is 1.03. The van der Waals surface area contributed by atoms with Crippen LogP contribution in [0.5, 0.6) is 0 Å². The van der Waals surface area contributed by atoms with Gasteiger partial charge in [0.2, 0.25) is 11.8 Å². The highest BCUT2D eigenvalue weighted by atomic mass is 16.5. The van der Waals surface area contributed by atoms with Crippen LogP contribution < -0.4 is 5.32 Å². The second kappa shape index (κ2) is 17.7. The number of imidazole rings is 2. The second-order valence-corrected chi connectivity index (χ2v) is 15.7. The number of unbranched alkanes of at least 4 members (excludes halogenated alkanes) is 1. The van der Waals surface area contributed by atoms with E-state index in [1.54, 1.807) is 28.4 Å². The Labute approximate surface area is 342 Å². The van der Waals surface area contributed by atoms with Crippen molar-refractivity contribution in [1.82, 2.24) is 49.9 Å². The molecule has 0 bridgehead atoms. The fourth-order valence-corrected chi connectivity index (χ4v) is 8.16. The third-order valence-corrected chi connectivity index (χ3v) is 11.5. The number of aromatic amines is 2. The number of alkyl carbamates (subject to hydrolysis) is 1. The lowest BCUT2D eigenvalue weighted by atomic mass is 10.0. The number of fused-ring (bicyclic) bond motifs is 1. The van der Waals surface area contributed by atoms with Gasteiger partial charge >= 0.3 is 12.2 Å². The van der Waals surface area contributed by atoms with Gasteiger partial charge < -0.3 is 34.9 Å². The van der Waals surface area contributed by atoms with Crippen molar-refractivity contribution in [2.45, 2.75) is 89.9 Å². The van der Waals surface area contributed by atoms with Crippen LogP contribution in [0.2, 0.25) is 0 Å². The molecule has 0 unspecified atom stereocenters. The Hall–Kier alpha value is -6.32. The monoisotopic (exact) mass is 804 g/mol. The molecule has 5 aromatic rings. The number of rotatable bonds is 13. The lowest BCUT2D eigenvalue weighted by molar-refractivity contribution is -0.137. The number of carbonyl (C=O) groups is 4. The summed E-state index contributed by atoms with van der Waals surface area (Å²) in [5, 5.41) is 12.3. The summed E-state index contributed by atoms with van der Waals surface area (Å²) in [4.78, 5) is 81.5. The van der Waals surface area contributed by atoms with Crippen LogP contribution in [0, 0.1) is 5.92 Å². The number of methoxy groups -OCH3 is 1. The molecule has 2 aromatic carbocycles. The molecule has 16 nitrogen and oxygen atoms in total. The summed E-state index contributed by atoms with van der Waals surface area (Å²) < 4.78 is 4.75. The molecule has 5 heterocycles. The topological polar surface area (TPSA) is 203 Å². The van der Waals surface area contributed by atoms with E-state index in [0.717, 1.165) is 88.2 Å². The number of carboxylic acid groups (broad SMARTS) is 1. The number of nitrogens with one attached hydrogen (secondary N) is 3. The summed E-state index contributed by atoms with van der Waals surface area (Å²) in [6.45, 7) is 6.95. The van der Waals surface area contributed by atoms with Crippen LogP contribution in [-0.2, 0) is 14.3 Å². The van der Waals surface area contributed by atoms with Crippen LogP contribution in [0.1, 0.15) is 89.4 Å². The molecule has 59 heavy (non-hydrogen) atoms. The molecule has 2 aliphatic heterocycles. The van der Waals surface area contributed by atoms with E-state index >= 15 is 0 Å². The average Bonchev–Trinajstić information content (AvgIpc) is 4.09.